The van der Waals surface area contributed by atoms with Gasteiger partial charge in [-0.25, -0.2) is 0 Å². The van der Waals surface area contributed by atoms with Gasteiger partial charge in [0.1, 0.15) is 0 Å². The Hall–Kier alpha value is -0.850. The molecular weight excluding hydrogens is 351 g/mol. The van der Waals surface area contributed by atoms with Crippen LogP contribution in [-0.2, 0) is 6.18 Å². The van der Waals surface area contributed by atoms with Crippen molar-refractivity contribution in [1.29, 1.82) is 0 Å². The lowest BCUT2D eigenvalue weighted by Crippen LogP contribution is -2.18. The van der Waals surface area contributed by atoms with Crippen molar-refractivity contribution >= 4 is 27.3 Å². The third kappa shape index (κ3) is 3.24. The normalized spacial score (nSPS) is 13.5. The molecule has 1 atom stereocenters. The van der Waals surface area contributed by atoms with E-state index >= 15 is 0 Å². The lowest BCUT2D eigenvalue weighted by atomic mass is 10.0. The van der Waals surface area contributed by atoms with Crippen molar-refractivity contribution in [2.45, 2.75) is 19.1 Å². The maximum Gasteiger partial charge on any atom is 0.416 e. The molecule has 2 aromatic rings. The zero-order valence-corrected chi connectivity index (χ0v) is 13.3. The van der Waals surface area contributed by atoms with Gasteiger partial charge in [0, 0.05) is 14.2 Å². The van der Waals surface area contributed by atoms with Gasteiger partial charge in [-0.15, -0.1) is 11.3 Å². The van der Waals surface area contributed by atoms with Gasteiger partial charge in [-0.1, -0.05) is 15.9 Å². The first-order chi connectivity index (χ1) is 9.32. The van der Waals surface area contributed by atoms with Crippen molar-refractivity contribution in [3.63, 3.8) is 0 Å². The van der Waals surface area contributed by atoms with Crippen LogP contribution in [0.25, 0.3) is 0 Å². The fourth-order valence-corrected chi connectivity index (χ4v) is 3.48. The zero-order valence-electron chi connectivity index (χ0n) is 10.9. The van der Waals surface area contributed by atoms with E-state index in [9.17, 15) is 13.2 Å². The Labute approximate surface area is 128 Å². The number of thiophene rings is 1. The Morgan fingerprint density at radius 1 is 1.20 bits per heavy atom. The molecule has 20 heavy (non-hydrogen) atoms. The van der Waals surface area contributed by atoms with E-state index in [2.05, 4.69) is 21.2 Å². The molecule has 0 saturated heterocycles. The molecule has 0 saturated carbocycles. The average Bonchev–Trinajstić information content (AvgIpc) is 2.77. The van der Waals surface area contributed by atoms with Crippen molar-refractivity contribution in [1.82, 2.24) is 5.32 Å². The smallest absolute Gasteiger partial charge is 0.309 e. The van der Waals surface area contributed by atoms with Crippen LogP contribution in [0.4, 0.5) is 13.2 Å². The van der Waals surface area contributed by atoms with E-state index in [4.69, 9.17) is 0 Å². The highest BCUT2D eigenvalue weighted by atomic mass is 79.9. The largest absolute Gasteiger partial charge is 0.416 e. The minimum atomic E-state index is -4.33. The molecule has 0 aliphatic rings. The van der Waals surface area contributed by atoms with Crippen LogP contribution in [0, 0.1) is 6.92 Å². The Morgan fingerprint density at radius 2 is 1.90 bits per heavy atom. The Morgan fingerprint density at radius 3 is 2.40 bits per heavy atom. The van der Waals surface area contributed by atoms with E-state index < -0.39 is 11.7 Å². The predicted molar refractivity (Wildman–Crippen MR) is 79.1 cm³/mol. The van der Waals surface area contributed by atoms with Crippen molar-refractivity contribution in [3.05, 3.63) is 55.7 Å². The zero-order chi connectivity index (χ0) is 14.9. The van der Waals surface area contributed by atoms with Gasteiger partial charge in [-0.3, -0.25) is 0 Å². The van der Waals surface area contributed by atoms with Gasteiger partial charge in [0.25, 0.3) is 0 Å². The average molecular weight is 364 g/mol. The lowest BCUT2D eigenvalue weighted by Gasteiger charge is -2.18. The predicted octanol–water partition coefficient (Wildman–Crippen LogP) is 5.15. The highest BCUT2D eigenvalue weighted by Gasteiger charge is 2.31. The highest BCUT2D eigenvalue weighted by Crippen LogP contribution is 2.37. The van der Waals surface area contributed by atoms with E-state index in [0.29, 0.717) is 10.0 Å². The molecule has 1 nitrogen and oxygen atoms in total. The summed E-state index contributed by atoms with van der Waals surface area (Å²) in [4.78, 5) is 2.12. The molecule has 0 fully saturated rings. The first-order valence-corrected chi connectivity index (χ1v) is 7.54. The van der Waals surface area contributed by atoms with Gasteiger partial charge < -0.3 is 5.32 Å². The molecule has 1 unspecified atom stereocenters. The second-order valence-electron chi connectivity index (χ2n) is 4.40. The molecule has 2 rings (SSSR count). The number of aryl methyl sites for hydroxylation is 1. The van der Waals surface area contributed by atoms with Crippen molar-refractivity contribution in [2.75, 3.05) is 7.05 Å². The molecular formula is C14H13BrF3NS. The first-order valence-electron chi connectivity index (χ1n) is 5.93. The fraction of sp³-hybridized carbons (Fsp3) is 0.286. The summed E-state index contributed by atoms with van der Waals surface area (Å²) in [5.41, 5.74) is -0.0478. The number of alkyl halides is 3. The van der Waals surface area contributed by atoms with Gasteiger partial charge in [-0.2, -0.15) is 13.2 Å². The Kier molecular flexibility index (Phi) is 4.56. The fourth-order valence-electron chi connectivity index (χ4n) is 2.00. The van der Waals surface area contributed by atoms with Gasteiger partial charge >= 0.3 is 6.18 Å². The number of benzene rings is 1. The van der Waals surface area contributed by atoms with Crippen molar-refractivity contribution in [3.8, 4) is 0 Å². The molecule has 1 heterocycles. The summed E-state index contributed by atoms with van der Waals surface area (Å²) < 4.78 is 39.2. The summed E-state index contributed by atoms with van der Waals surface area (Å²) in [6, 6.07) is 7.37. The summed E-state index contributed by atoms with van der Waals surface area (Å²) in [5.74, 6) is 0. The summed E-state index contributed by atoms with van der Waals surface area (Å²) in [5, 5.41) is 3.08. The highest BCUT2D eigenvalue weighted by molar-refractivity contribution is 9.10. The maximum atomic E-state index is 12.8. The number of rotatable bonds is 3. The van der Waals surface area contributed by atoms with Gasteiger partial charge in [-0.05, 0) is 49.9 Å². The number of hydrogen-bond donors (Lipinski definition) is 1. The SMILES string of the molecule is CNC(c1ccc(C)s1)c1cc(C(F)(F)F)ccc1Br. The monoisotopic (exact) mass is 363 g/mol. The molecule has 1 aromatic carbocycles. The summed E-state index contributed by atoms with van der Waals surface area (Å²) in [6.07, 6.45) is -4.33. The first kappa shape index (κ1) is 15.5. The maximum absolute atomic E-state index is 12.8. The van der Waals surface area contributed by atoms with Crippen LogP contribution in [0.5, 0.6) is 0 Å². The Balaban J connectivity index is 2.49. The summed E-state index contributed by atoms with van der Waals surface area (Å²) in [6.45, 7) is 1.97. The molecule has 0 radical (unpaired) electrons. The van der Waals surface area contributed by atoms with E-state index in [1.807, 2.05) is 19.1 Å². The van der Waals surface area contributed by atoms with Crippen LogP contribution in [-0.4, -0.2) is 7.05 Å². The van der Waals surface area contributed by atoms with Crippen LogP contribution in [0.1, 0.15) is 26.9 Å². The molecule has 0 spiro atoms. The van der Waals surface area contributed by atoms with Gasteiger partial charge in [0.15, 0.2) is 0 Å². The van der Waals surface area contributed by atoms with Crippen LogP contribution in [0.2, 0.25) is 0 Å². The minimum Gasteiger partial charge on any atom is -0.309 e. The second kappa shape index (κ2) is 5.87. The molecule has 0 bridgehead atoms. The molecule has 0 aliphatic heterocycles. The molecule has 108 valence electrons. The van der Waals surface area contributed by atoms with Gasteiger partial charge in [0.05, 0.1) is 11.6 Å². The molecule has 1 aromatic heterocycles. The van der Waals surface area contributed by atoms with Crippen LogP contribution >= 0.6 is 27.3 Å². The Bertz CT molecular complexity index is 607. The lowest BCUT2D eigenvalue weighted by molar-refractivity contribution is -0.137. The van der Waals surface area contributed by atoms with Crippen molar-refractivity contribution in [2.24, 2.45) is 0 Å². The standard InChI is InChI=1S/C14H13BrF3NS/c1-8-3-6-12(20-8)13(19-2)10-7-9(14(16,17)18)4-5-11(10)15/h3-7,13,19H,1-2H3. The van der Waals surface area contributed by atoms with E-state index in [0.717, 1.165) is 15.8 Å². The molecule has 0 aliphatic carbocycles. The number of halogens is 4. The number of nitrogens with one attached hydrogen (secondary N) is 1. The summed E-state index contributed by atoms with van der Waals surface area (Å²) in [7, 11) is 1.74. The summed E-state index contributed by atoms with van der Waals surface area (Å²) >= 11 is 4.91. The van der Waals surface area contributed by atoms with Crippen LogP contribution in [0.3, 0.4) is 0 Å². The van der Waals surface area contributed by atoms with Crippen molar-refractivity contribution < 1.29 is 13.2 Å². The number of hydrogen-bond acceptors (Lipinski definition) is 2. The van der Waals surface area contributed by atoms with Gasteiger partial charge in [0.2, 0.25) is 0 Å². The minimum absolute atomic E-state index is 0.259. The van der Waals surface area contributed by atoms with E-state index in [-0.39, 0.29) is 6.04 Å². The molecule has 6 heteroatoms. The molecule has 1 N–H and O–H groups in total. The van der Waals surface area contributed by atoms with E-state index in [1.165, 1.54) is 12.1 Å². The van der Waals surface area contributed by atoms with Crippen LogP contribution < -0.4 is 5.32 Å². The third-order valence-electron chi connectivity index (χ3n) is 2.97. The third-order valence-corrected chi connectivity index (χ3v) is 4.76. The van der Waals surface area contributed by atoms with Crippen LogP contribution in [0.15, 0.2) is 34.8 Å². The quantitative estimate of drug-likeness (QED) is 0.795. The van der Waals surface area contributed by atoms with E-state index in [1.54, 1.807) is 18.4 Å². The second-order valence-corrected chi connectivity index (χ2v) is 6.58. The topological polar surface area (TPSA) is 12.0 Å². The molecule has 0 amide bonds.